The minimum atomic E-state index is 0.296. The molecule has 0 heterocycles. The van der Waals surface area contributed by atoms with Crippen LogP contribution in [0.3, 0.4) is 0 Å². The van der Waals surface area contributed by atoms with Crippen LogP contribution in [0.1, 0.15) is 24.8 Å². The third-order valence-corrected chi connectivity index (χ3v) is 2.87. The van der Waals surface area contributed by atoms with Crippen molar-refractivity contribution < 1.29 is 9.47 Å². The highest BCUT2D eigenvalue weighted by atomic mass is 35.5. The van der Waals surface area contributed by atoms with Crippen LogP contribution in [0.15, 0.2) is 24.3 Å². The topological polar surface area (TPSA) is 18.5 Å². The number of halogens is 1. The predicted molar refractivity (Wildman–Crippen MR) is 72.8 cm³/mol. The lowest BCUT2D eigenvalue weighted by molar-refractivity contribution is 0.00983. The van der Waals surface area contributed by atoms with E-state index < -0.39 is 0 Å². The summed E-state index contributed by atoms with van der Waals surface area (Å²) in [6.07, 6.45) is 3.27. The number of para-hydroxylation sites is 1. The normalized spacial score (nSPS) is 13.8. The maximum absolute atomic E-state index is 5.59. The summed E-state index contributed by atoms with van der Waals surface area (Å²) in [7, 11) is 0. The smallest absolute Gasteiger partial charge is 0.189 e. The fourth-order valence-corrected chi connectivity index (χ4v) is 1.60. The molecular weight excluding hydrogens is 248 g/mol. The molecule has 0 saturated heterocycles. The Hall–Kier alpha value is -1.17. The van der Waals surface area contributed by atoms with Crippen LogP contribution in [0, 0.1) is 17.8 Å². The van der Waals surface area contributed by atoms with E-state index in [0.717, 1.165) is 23.8 Å². The molecule has 96 valence electrons. The molecule has 0 radical (unpaired) electrons. The van der Waals surface area contributed by atoms with Gasteiger partial charge in [-0.15, -0.1) is 11.6 Å². The van der Waals surface area contributed by atoms with E-state index in [9.17, 15) is 0 Å². The van der Waals surface area contributed by atoms with Crippen molar-refractivity contribution in [2.45, 2.75) is 19.3 Å². The Morgan fingerprint density at radius 1 is 1.28 bits per heavy atom. The van der Waals surface area contributed by atoms with E-state index in [2.05, 4.69) is 11.8 Å². The van der Waals surface area contributed by atoms with Gasteiger partial charge in [-0.05, 0) is 30.9 Å². The number of benzene rings is 1. The molecule has 1 fully saturated rings. The van der Waals surface area contributed by atoms with Gasteiger partial charge in [0.1, 0.15) is 5.75 Å². The third-order valence-electron chi connectivity index (χ3n) is 2.68. The second-order valence-corrected chi connectivity index (χ2v) is 4.69. The summed E-state index contributed by atoms with van der Waals surface area (Å²) in [5.74, 6) is 8.16. The molecule has 18 heavy (non-hydrogen) atoms. The van der Waals surface area contributed by atoms with Crippen molar-refractivity contribution in [3.8, 4) is 17.6 Å². The highest BCUT2D eigenvalue weighted by Crippen LogP contribution is 2.28. The lowest BCUT2D eigenvalue weighted by Gasteiger charge is -2.08. The molecular formula is C15H17ClO2. The van der Waals surface area contributed by atoms with Crippen molar-refractivity contribution in [2.24, 2.45) is 5.92 Å². The molecule has 2 nitrogen and oxygen atoms in total. The van der Waals surface area contributed by atoms with Gasteiger partial charge in [0.25, 0.3) is 0 Å². The van der Waals surface area contributed by atoms with Gasteiger partial charge in [0.15, 0.2) is 6.79 Å². The Morgan fingerprint density at radius 2 is 2.11 bits per heavy atom. The van der Waals surface area contributed by atoms with Gasteiger partial charge < -0.3 is 9.47 Å². The molecule has 0 bridgehead atoms. The summed E-state index contributed by atoms with van der Waals surface area (Å²) in [6, 6.07) is 7.73. The molecule has 1 aliphatic carbocycles. The first-order valence-corrected chi connectivity index (χ1v) is 6.78. The largest absolute Gasteiger partial charge is 0.466 e. The van der Waals surface area contributed by atoms with Crippen molar-refractivity contribution in [2.75, 3.05) is 19.3 Å². The van der Waals surface area contributed by atoms with E-state index in [1.54, 1.807) is 0 Å². The molecule has 0 aromatic heterocycles. The maximum Gasteiger partial charge on any atom is 0.189 e. The molecule has 1 aromatic rings. The molecule has 1 aromatic carbocycles. The van der Waals surface area contributed by atoms with Gasteiger partial charge >= 0.3 is 0 Å². The fraction of sp³-hybridized carbons (Fsp3) is 0.467. The van der Waals surface area contributed by atoms with Gasteiger partial charge in [-0.1, -0.05) is 24.0 Å². The summed E-state index contributed by atoms with van der Waals surface area (Å²) in [4.78, 5) is 0. The van der Waals surface area contributed by atoms with Crippen LogP contribution in [0.5, 0.6) is 5.75 Å². The number of rotatable bonds is 6. The van der Waals surface area contributed by atoms with Crippen LogP contribution in [0.2, 0.25) is 0 Å². The lowest BCUT2D eigenvalue weighted by atomic mass is 10.2. The van der Waals surface area contributed by atoms with Crippen LogP contribution in [-0.2, 0) is 4.74 Å². The highest BCUT2D eigenvalue weighted by molar-refractivity contribution is 6.18. The van der Waals surface area contributed by atoms with Crippen LogP contribution < -0.4 is 4.74 Å². The average Bonchev–Trinajstić information content (AvgIpc) is 3.21. The molecule has 1 aliphatic rings. The van der Waals surface area contributed by atoms with E-state index in [0.29, 0.717) is 19.1 Å². The van der Waals surface area contributed by atoms with Crippen LogP contribution in [-0.4, -0.2) is 19.3 Å². The van der Waals surface area contributed by atoms with Gasteiger partial charge in [0.05, 0.1) is 12.2 Å². The summed E-state index contributed by atoms with van der Waals surface area (Å²) in [6.45, 7) is 1.10. The quantitative estimate of drug-likeness (QED) is 0.339. The zero-order valence-corrected chi connectivity index (χ0v) is 11.1. The van der Waals surface area contributed by atoms with Crippen molar-refractivity contribution in [1.82, 2.24) is 0 Å². The zero-order chi connectivity index (χ0) is 12.6. The molecule has 0 amide bonds. The van der Waals surface area contributed by atoms with E-state index in [1.807, 2.05) is 24.3 Å². The second-order valence-electron chi connectivity index (χ2n) is 4.31. The maximum atomic E-state index is 5.59. The molecule has 2 rings (SSSR count). The summed E-state index contributed by atoms with van der Waals surface area (Å²) < 4.78 is 11.0. The van der Waals surface area contributed by atoms with Crippen LogP contribution >= 0.6 is 11.6 Å². The number of hydrogen-bond acceptors (Lipinski definition) is 2. The Bertz CT molecular complexity index is 430. The first-order valence-electron chi connectivity index (χ1n) is 6.24. The van der Waals surface area contributed by atoms with E-state index in [4.69, 9.17) is 21.1 Å². The fourth-order valence-electron chi connectivity index (χ4n) is 1.51. The van der Waals surface area contributed by atoms with E-state index >= 15 is 0 Å². The Balaban J connectivity index is 1.83. The highest BCUT2D eigenvalue weighted by Gasteiger charge is 2.21. The van der Waals surface area contributed by atoms with Gasteiger partial charge in [0.2, 0.25) is 0 Å². The third kappa shape index (κ3) is 4.60. The van der Waals surface area contributed by atoms with Crippen molar-refractivity contribution in [1.29, 1.82) is 0 Å². The standard InChI is InChI=1S/C15H17ClO2/c16-10-4-3-6-14-5-1-2-7-15(14)18-12-17-11-13-8-9-13/h1-2,5,7,13H,4,8-12H2. The number of ether oxygens (including phenoxy) is 2. The molecule has 0 aliphatic heterocycles. The van der Waals surface area contributed by atoms with Gasteiger partial charge in [0, 0.05) is 12.3 Å². The number of alkyl halides is 1. The summed E-state index contributed by atoms with van der Waals surface area (Å²) >= 11 is 5.59. The van der Waals surface area contributed by atoms with Crippen molar-refractivity contribution in [3.63, 3.8) is 0 Å². The minimum absolute atomic E-state index is 0.296. The molecule has 0 atom stereocenters. The van der Waals surface area contributed by atoms with E-state index in [-0.39, 0.29) is 0 Å². The van der Waals surface area contributed by atoms with Crippen molar-refractivity contribution in [3.05, 3.63) is 29.8 Å². The Kier molecular flexibility index (Phi) is 5.38. The lowest BCUT2D eigenvalue weighted by Crippen LogP contribution is -2.05. The second kappa shape index (κ2) is 7.31. The summed E-state index contributed by atoms with van der Waals surface area (Å²) in [5, 5.41) is 0. The minimum Gasteiger partial charge on any atom is -0.466 e. The predicted octanol–water partition coefficient (Wildman–Crippen LogP) is 3.43. The molecule has 3 heteroatoms. The SMILES string of the molecule is ClCCC#Cc1ccccc1OCOCC1CC1. The van der Waals surface area contributed by atoms with Crippen LogP contribution in [0.4, 0.5) is 0 Å². The molecule has 0 unspecified atom stereocenters. The molecule has 1 saturated carbocycles. The summed E-state index contributed by atoms with van der Waals surface area (Å²) in [5.41, 5.74) is 0.887. The number of hydrogen-bond donors (Lipinski definition) is 0. The Morgan fingerprint density at radius 3 is 2.89 bits per heavy atom. The first kappa shape index (κ1) is 13.3. The van der Waals surface area contributed by atoms with Gasteiger partial charge in [-0.2, -0.15) is 0 Å². The van der Waals surface area contributed by atoms with Gasteiger partial charge in [-0.25, -0.2) is 0 Å². The van der Waals surface area contributed by atoms with E-state index in [1.165, 1.54) is 12.8 Å². The Labute approximate surface area is 113 Å². The van der Waals surface area contributed by atoms with Crippen LogP contribution in [0.25, 0.3) is 0 Å². The average molecular weight is 265 g/mol. The molecule has 0 N–H and O–H groups in total. The molecule has 0 spiro atoms. The zero-order valence-electron chi connectivity index (χ0n) is 10.3. The van der Waals surface area contributed by atoms with Gasteiger partial charge in [-0.3, -0.25) is 0 Å². The monoisotopic (exact) mass is 264 g/mol. The van der Waals surface area contributed by atoms with Crippen molar-refractivity contribution >= 4 is 11.6 Å². The first-order chi connectivity index (χ1) is 8.90.